The van der Waals surface area contributed by atoms with E-state index >= 15 is 0 Å². The highest BCUT2D eigenvalue weighted by Crippen LogP contribution is 2.41. The predicted molar refractivity (Wildman–Crippen MR) is 87.0 cm³/mol. The molecule has 18 heavy (non-hydrogen) atoms. The molecule has 2 aliphatic rings. The molecule has 0 aromatic carbocycles. The molecule has 0 spiro atoms. The molecule has 0 saturated heterocycles. The topological polar surface area (TPSA) is 0 Å². The summed E-state index contributed by atoms with van der Waals surface area (Å²) in [6, 6.07) is 0. The van der Waals surface area contributed by atoms with Crippen LogP contribution in [-0.4, -0.2) is 0 Å². The first-order valence-electron chi connectivity index (χ1n) is 7.90. The van der Waals surface area contributed by atoms with Crippen LogP contribution in [0.15, 0.2) is 12.7 Å². The molecule has 0 radical (unpaired) electrons. The van der Waals surface area contributed by atoms with E-state index in [1.807, 2.05) is 0 Å². The van der Waals surface area contributed by atoms with Gasteiger partial charge in [-0.3, -0.25) is 0 Å². The van der Waals surface area contributed by atoms with Gasteiger partial charge in [-0.2, -0.15) is 0 Å². The standard InChI is InChI=1S/C17H30.CH4.2H2/c1-3-4-5-15-8-12-17(13-9-15)16-10-6-14(2)7-11-16;;;/h3,14-17H,1,4-13H2,2H3;1H4;2*1H. The van der Waals surface area contributed by atoms with Gasteiger partial charge in [0.2, 0.25) is 0 Å². The van der Waals surface area contributed by atoms with E-state index in [-0.39, 0.29) is 10.3 Å². The highest BCUT2D eigenvalue weighted by Gasteiger charge is 2.29. The molecular weight excluding hydrogens is 216 g/mol. The van der Waals surface area contributed by atoms with Crippen molar-refractivity contribution in [2.45, 2.75) is 78.6 Å². The zero-order chi connectivity index (χ0) is 12.1. The van der Waals surface area contributed by atoms with Crippen molar-refractivity contribution < 1.29 is 2.85 Å². The van der Waals surface area contributed by atoms with Crippen molar-refractivity contribution in [3.05, 3.63) is 12.7 Å². The number of rotatable bonds is 4. The van der Waals surface area contributed by atoms with Gasteiger partial charge in [0, 0.05) is 2.85 Å². The largest absolute Gasteiger partial charge is 0.103 e. The van der Waals surface area contributed by atoms with Gasteiger partial charge in [-0.15, -0.1) is 6.58 Å². The second-order valence-corrected chi connectivity index (χ2v) is 6.67. The molecule has 2 aliphatic carbocycles. The van der Waals surface area contributed by atoms with Crippen LogP contribution < -0.4 is 0 Å². The van der Waals surface area contributed by atoms with E-state index in [0.717, 1.165) is 23.7 Å². The van der Waals surface area contributed by atoms with Gasteiger partial charge in [0.05, 0.1) is 0 Å². The summed E-state index contributed by atoms with van der Waals surface area (Å²) in [5, 5.41) is 0. The van der Waals surface area contributed by atoms with Gasteiger partial charge in [-0.05, 0) is 62.2 Å². The summed E-state index contributed by atoms with van der Waals surface area (Å²) in [6.45, 7) is 6.27. The van der Waals surface area contributed by atoms with Crippen LogP contribution in [0.4, 0.5) is 0 Å². The Morgan fingerprint density at radius 1 is 0.944 bits per heavy atom. The summed E-state index contributed by atoms with van der Waals surface area (Å²) in [5.74, 6) is 4.20. The summed E-state index contributed by atoms with van der Waals surface area (Å²) < 4.78 is 0. The molecule has 0 aromatic heterocycles. The van der Waals surface area contributed by atoms with Crippen LogP contribution in [0.3, 0.4) is 0 Å². The smallest absolute Gasteiger partial charge is 0 e. The average Bonchev–Trinajstić information content (AvgIpc) is 2.38. The summed E-state index contributed by atoms with van der Waals surface area (Å²) >= 11 is 0. The first-order valence-corrected chi connectivity index (χ1v) is 7.90. The minimum absolute atomic E-state index is 0. The fourth-order valence-corrected chi connectivity index (χ4v) is 4.06. The average molecular weight is 255 g/mol. The van der Waals surface area contributed by atoms with Gasteiger partial charge in [-0.25, -0.2) is 0 Å². The number of allylic oxidation sites excluding steroid dienone is 1. The minimum atomic E-state index is 0. The molecule has 0 heterocycles. The zero-order valence-electron chi connectivity index (χ0n) is 11.7. The van der Waals surface area contributed by atoms with Crippen LogP contribution in [0.1, 0.15) is 81.4 Å². The van der Waals surface area contributed by atoms with E-state index in [9.17, 15) is 0 Å². The van der Waals surface area contributed by atoms with Crippen molar-refractivity contribution in [2.24, 2.45) is 23.7 Å². The van der Waals surface area contributed by atoms with Gasteiger partial charge in [-0.1, -0.05) is 46.1 Å². The number of hydrogen-bond donors (Lipinski definition) is 0. The first kappa shape index (κ1) is 15.8. The van der Waals surface area contributed by atoms with Gasteiger partial charge < -0.3 is 0 Å². The van der Waals surface area contributed by atoms with Gasteiger partial charge in [0.1, 0.15) is 0 Å². The van der Waals surface area contributed by atoms with Crippen molar-refractivity contribution in [1.82, 2.24) is 0 Å². The monoisotopic (exact) mass is 254 g/mol. The predicted octanol–water partition coefficient (Wildman–Crippen LogP) is 6.71. The van der Waals surface area contributed by atoms with Crippen LogP contribution in [0.2, 0.25) is 0 Å². The van der Waals surface area contributed by atoms with Crippen LogP contribution in [0.5, 0.6) is 0 Å². The quantitative estimate of drug-likeness (QED) is 0.489. The van der Waals surface area contributed by atoms with Crippen molar-refractivity contribution in [1.29, 1.82) is 0 Å². The van der Waals surface area contributed by atoms with Crippen LogP contribution in [0.25, 0.3) is 0 Å². The Morgan fingerprint density at radius 2 is 1.44 bits per heavy atom. The van der Waals surface area contributed by atoms with Crippen LogP contribution >= 0.6 is 0 Å². The lowest BCUT2D eigenvalue weighted by Crippen LogP contribution is -2.25. The second kappa shape index (κ2) is 8.02. The zero-order valence-corrected chi connectivity index (χ0v) is 11.7. The minimum Gasteiger partial charge on any atom is -0.103 e. The molecule has 0 bridgehead atoms. The van der Waals surface area contributed by atoms with Crippen molar-refractivity contribution in [3.63, 3.8) is 0 Å². The Balaban J connectivity index is 0. The third-order valence-corrected chi connectivity index (χ3v) is 5.40. The van der Waals surface area contributed by atoms with E-state index in [1.54, 1.807) is 0 Å². The molecule has 0 N–H and O–H groups in total. The molecule has 2 fully saturated rings. The summed E-state index contributed by atoms with van der Waals surface area (Å²) in [5.41, 5.74) is 0. The van der Waals surface area contributed by atoms with Gasteiger partial charge >= 0.3 is 0 Å². The maximum absolute atomic E-state index is 3.84. The fraction of sp³-hybridized carbons (Fsp3) is 0.889. The summed E-state index contributed by atoms with van der Waals surface area (Å²) in [7, 11) is 0. The van der Waals surface area contributed by atoms with E-state index in [4.69, 9.17) is 0 Å². The molecule has 0 unspecified atom stereocenters. The lowest BCUT2D eigenvalue weighted by atomic mass is 9.69. The molecule has 0 heteroatoms. The molecule has 110 valence electrons. The van der Waals surface area contributed by atoms with Crippen molar-refractivity contribution in [3.8, 4) is 0 Å². The molecule has 0 atom stereocenters. The molecular formula is C18H38. The van der Waals surface area contributed by atoms with E-state index < -0.39 is 0 Å². The van der Waals surface area contributed by atoms with Crippen LogP contribution in [0, 0.1) is 23.7 Å². The SMILES string of the molecule is C.C=CCCC1CCC(C2CCC(C)CC2)CC1.[HH].[HH]. The Hall–Kier alpha value is -0.260. The van der Waals surface area contributed by atoms with Gasteiger partial charge in [0.15, 0.2) is 0 Å². The summed E-state index contributed by atoms with van der Waals surface area (Å²) in [4.78, 5) is 0. The highest BCUT2D eigenvalue weighted by molar-refractivity contribution is 4.82. The highest BCUT2D eigenvalue weighted by atomic mass is 14.3. The molecule has 0 aromatic rings. The fourth-order valence-electron chi connectivity index (χ4n) is 4.06. The Labute approximate surface area is 118 Å². The van der Waals surface area contributed by atoms with E-state index in [0.29, 0.717) is 0 Å². The molecule has 0 nitrogen and oxygen atoms in total. The summed E-state index contributed by atoms with van der Waals surface area (Å²) in [6.07, 6.45) is 16.9. The normalized spacial score (nSPS) is 36.7. The first-order chi connectivity index (χ1) is 8.29. The lowest BCUT2D eigenvalue weighted by molar-refractivity contribution is 0.148. The Kier molecular flexibility index (Phi) is 7.04. The van der Waals surface area contributed by atoms with Crippen molar-refractivity contribution >= 4 is 0 Å². The van der Waals surface area contributed by atoms with Crippen molar-refractivity contribution in [2.75, 3.05) is 0 Å². The Morgan fingerprint density at radius 3 is 1.94 bits per heavy atom. The molecule has 2 saturated carbocycles. The van der Waals surface area contributed by atoms with E-state index in [2.05, 4.69) is 19.6 Å². The second-order valence-electron chi connectivity index (χ2n) is 6.67. The maximum Gasteiger partial charge on any atom is 0 e. The van der Waals surface area contributed by atoms with Gasteiger partial charge in [0.25, 0.3) is 0 Å². The van der Waals surface area contributed by atoms with E-state index in [1.165, 1.54) is 64.2 Å². The third-order valence-electron chi connectivity index (χ3n) is 5.40. The lowest BCUT2D eigenvalue weighted by Gasteiger charge is -2.37. The van der Waals surface area contributed by atoms with Crippen LogP contribution in [-0.2, 0) is 0 Å². The Bertz CT molecular complexity index is 224. The maximum atomic E-state index is 3.84. The molecule has 2 rings (SSSR count). The number of hydrogen-bond acceptors (Lipinski definition) is 0. The molecule has 0 aliphatic heterocycles. The molecule has 0 amide bonds. The third kappa shape index (κ3) is 4.44.